The van der Waals surface area contributed by atoms with Gasteiger partial charge in [0.25, 0.3) is 18.8 Å². The minimum absolute atomic E-state index is 0.00299. The Bertz CT molecular complexity index is 1150. The molecular formula is C18H20F4N8O2. The monoisotopic (exact) mass is 456 g/mol. The number of carbonyl (C=O) groups is 2. The van der Waals surface area contributed by atoms with Crippen LogP contribution in [-0.2, 0) is 18.9 Å². The quantitative estimate of drug-likeness (QED) is 0.531. The second-order valence-electron chi connectivity index (χ2n) is 6.96. The van der Waals surface area contributed by atoms with Gasteiger partial charge in [-0.25, -0.2) is 17.6 Å². The van der Waals surface area contributed by atoms with Crippen LogP contribution in [0.3, 0.4) is 0 Å². The number of aromatic nitrogens is 6. The van der Waals surface area contributed by atoms with E-state index in [2.05, 4.69) is 25.9 Å². The van der Waals surface area contributed by atoms with E-state index >= 15 is 0 Å². The number of amides is 2. The Morgan fingerprint density at radius 3 is 2.16 bits per heavy atom. The van der Waals surface area contributed by atoms with Crippen molar-refractivity contribution in [2.24, 2.45) is 14.1 Å². The number of rotatable bonds is 7. The molecule has 2 amide bonds. The molecule has 0 aromatic carbocycles. The fourth-order valence-corrected chi connectivity index (χ4v) is 2.96. The molecular weight excluding hydrogens is 436 g/mol. The van der Waals surface area contributed by atoms with Crippen LogP contribution in [0.5, 0.6) is 0 Å². The molecule has 0 aliphatic heterocycles. The van der Waals surface area contributed by atoms with Crippen LogP contribution < -0.4 is 10.6 Å². The Hall–Kier alpha value is -3.71. The Kier molecular flexibility index (Phi) is 6.32. The molecule has 0 aliphatic carbocycles. The Morgan fingerprint density at radius 2 is 1.59 bits per heavy atom. The van der Waals surface area contributed by atoms with Crippen LogP contribution in [0, 0.1) is 6.92 Å². The first-order valence-corrected chi connectivity index (χ1v) is 9.29. The molecule has 3 aromatic heterocycles. The van der Waals surface area contributed by atoms with Crippen molar-refractivity contribution in [2.75, 3.05) is 10.6 Å². The summed E-state index contributed by atoms with van der Waals surface area (Å²) < 4.78 is 55.6. The zero-order valence-electron chi connectivity index (χ0n) is 17.5. The maximum absolute atomic E-state index is 13.3. The molecule has 0 aliphatic rings. The molecule has 14 heteroatoms. The summed E-state index contributed by atoms with van der Waals surface area (Å²) in [5, 5.41) is 16.5. The maximum atomic E-state index is 13.3. The molecule has 1 unspecified atom stereocenters. The van der Waals surface area contributed by atoms with Crippen LogP contribution >= 0.6 is 0 Å². The third-order valence-corrected chi connectivity index (χ3v) is 4.87. The molecule has 0 spiro atoms. The number of anilines is 2. The Balaban J connectivity index is 1.83. The second kappa shape index (κ2) is 8.80. The highest BCUT2D eigenvalue weighted by atomic mass is 19.3. The van der Waals surface area contributed by atoms with Crippen LogP contribution in [0.4, 0.5) is 28.9 Å². The lowest BCUT2D eigenvalue weighted by molar-refractivity contribution is -0.119. The van der Waals surface area contributed by atoms with Crippen molar-refractivity contribution in [1.29, 1.82) is 0 Å². The van der Waals surface area contributed by atoms with Crippen molar-refractivity contribution < 1.29 is 27.2 Å². The maximum Gasteiger partial charge on any atom is 0.282 e. The molecule has 172 valence electrons. The zero-order chi connectivity index (χ0) is 23.7. The molecule has 0 radical (unpaired) electrons. The van der Waals surface area contributed by atoms with Crippen molar-refractivity contribution >= 4 is 23.2 Å². The number of nitrogens with one attached hydrogen (secondary N) is 2. The van der Waals surface area contributed by atoms with Gasteiger partial charge in [-0.05, 0) is 19.9 Å². The zero-order valence-corrected chi connectivity index (χ0v) is 17.5. The Labute approximate surface area is 179 Å². The molecule has 0 bridgehead atoms. The SMILES string of the molecule is Cc1c(NC(=O)c2c(NC(=O)C(C)n3nc(C(F)F)cc3C(F)F)cnn2C)cnn1C. The largest absolute Gasteiger partial charge is 0.321 e. The average Bonchev–Trinajstić information content (AvgIpc) is 3.41. The first-order valence-electron chi connectivity index (χ1n) is 9.29. The number of nitrogens with zero attached hydrogens (tertiary/aromatic N) is 6. The minimum Gasteiger partial charge on any atom is -0.321 e. The van der Waals surface area contributed by atoms with Gasteiger partial charge in [-0.3, -0.25) is 23.6 Å². The normalized spacial score (nSPS) is 12.4. The van der Waals surface area contributed by atoms with E-state index in [0.717, 1.165) is 0 Å². The van der Waals surface area contributed by atoms with E-state index in [9.17, 15) is 27.2 Å². The minimum atomic E-state index is -3.12. The summed E-state index contributed by atoms with van der Waals surface area (Å²) >= 11 is 0. The highest BCUT2D eigenvalue weighted by Crippen LogP contribution is 2.28. The number of hydrogen-bond donors (Lipinski definition) is 2. The number of halogens is 4. The van der Waals surface area contributed by atoms with Crippen molar-refractivity contribution in [3.63, 3.8) is 0 Å². The van der Waals surface area contributed by atoms with Gasteiger partial charge < -0.3 is 10.6 Å². The van der Waals surface area contributed by atoms with Gasteiger partial charge in [0.05, 0.1) is 29.5 Å². The predicted molar refractivity (Wildman–Crippen MR) is 105 cm³/mol. The van der Waals surface area contributed by atoms with Gasteiger partial charge in [0.1, 0.15) is 23.1 Å². The molecule has 10 nitrogen and oxygen atoms in total. The number of alkyl halides is 4. The summed E-state index contributed by atoms with van der Waals surface area (Å²) in [5.74, 6) is -1.45. The molecule has 0 saturated carbocycles. The number of carbonyl (C=O) groups excluding carboxylic acids is 2. The highest BCUT2D eigenvalue weighted by molar-refractivity contribution is 6.09. The van der Waals surface area contributed by atoms with E-state index in [0.29, 0.717) is 22.1 Å². The van der Waals surface area contributed by atoms with Crippen molar-refractivity contribution in [3.05, 3.63) is 41.2 Å². The van der Waals surface area contributed by atoms with Crippen LogP contribution in [-0.4, -0.2) is 41.2 Å². The molecule has 3 rings (SSSR count). The van der Waals surface area contributed by atoms with E-state index in [-0.39, 0.29) is 11.4 Å². The van der Waals surface area contributed by atoms with Gasteiger partial charge in [-0.1, -0.05) is 0 Å². The first kappa shape index (κ1) is 23.0. The van der Waals surface area contributed by atoms with E-state index in [1.54, 1.807) is 18.7 Å². The van der Waals surface area contributed by atoms with Crippen molar-refractivity contribution in [1.82, 2.24) is 29.3 Å². The van der Waals surface area contributed by atoms with E-state index in [4.69, 9.17) is 0 Å². The predicted octanol–water partition coefficient (Wildman–Crippen LogP) is 2.99. The number of hydrogen-bond acceptors (Lipinski definition) is 5. The summed E-state index contributed by atoms with van der Waals surface area (Å²) in [6, 6.07) is -0.818. The number of aryl methyl sites for hydroxylation is 2. The molecule has 0 fully saturated rings. The molecule has 2 N–H and O–H groups in total. The standard InChI is InChI=1S/C18H20F4N8O2/c1-8-11(6-23-28(8)3)25-18(32)14-12(7-24-29(14)4)26-17(31)9(2)30-13(16(21)22)5-10(27-30)15(19)20/h5-7,9,15-16H,1-4H3,(H,25,32)(H,26,31). The molecule has 3 aromatic rings. The molecule has 1 atom stereocenters. The van der Waals surface area contributed by atoms with Crippen LogP contribution in [0.15, 0.2) is 18.5 Å². The average molecular weight is 456 g/mol. The second-order valence-corrected chi connectivity index (χ2v) is 6.96. The summed E-state index contributed by atoms with van der Waals surface area (Å²) in [7, 11) is 3.17. The summed E-state index contributed by atoms with van der Waals surface area (Å²) in [6.07, 6.45) is -3.54. The Morgan fingerprint density at radius 1 is 0.969 bits per heavy atom. The molecule has 32 heavy (non-hydrogen) atoms. The lowest BCUT2D eigenvalue weighted by atomic mass is 10.2. The van der Waals surface area contributed by atoms with Gasteiger partial charge in [0.15, 0.2) is 0 Å². The summed E-state index contributed by atoms with van der Waals surface area (Å²) in [6.45, 7) is 2.97. The van der Waals surface area contributed by atoms with Gasteiger partial charge in [-0.2, -0.15) is 15.3 Å². The third kappa shape index (κ3) is 4.33. The van der Waals surface area contributed by atoms with Crippen LogP contribution in [0.25, 0.3) is 0 Å². The fourth-order valence-electron chi connectivity index (χ4n) is 2.96. The third-order valence-electron chi connectivity index (χ3n) is 4.87. The van der Waals surface area contributed by atoms with Crippen LogP contribution in [0.2, 0.25) is 0 Å². The van der Waals surface area contributed by atoms with Gasteiger partial charge in [0, 0.05) is 14.1 Å². The molecule has 3 heterocycles. The fraction of sp³-hybridized carbons (Fsp3) is 0.389. The molecule has 0 saturated heterocycles. The summed E-state index contributed by atoms with van der Waals surface area (Å²) in [5.41, 5.74) is -0.568. The topological polar surface area (TPSA) is 112 Å². The first-order chi connectivity index (χ1) is 15.0. The van der Waals surface area contributed by atoms with Crippen LogP contribution in [0.1, 0.15) is 53.4 Å². The van der Waals surface area contributed by atoms with Crippen molar-refractivity contribution in [3.8, 4) is 0 Å². The lowest BCUT2D eigenvalue weighted by Crippen LogP contribution is -2.27. The lowest BCUT2D eigenvalue weighted by Gasteiger charge is -2.15. The van der Waals surface area contributed by atoms with Crippen molar-refractivity contribution in [2.45, 2.75) is 32.7 Å². The van der Waals surface area contributed by atoms with Gasteiger partial charge >= 0.3 is 0 Å². The smallest absolute Gasteiger partial charge is 0.282 e. The van der Waals surface area contributed by atoms with Gasteiger partial charge in [-0.15, -0.1) is 0 Å². The van der Waals surface area contributed by atoms with E-state index in [1.807, 2.05) is 0 Å². The van der Waals surface area contributed by atoms with Gasteiger partial charge in [0.2, 0.25) is 5.91 Å². The highest BCUT2D eigenvalue weighted by Gasteiger charge is 2.28. The van der Waals surface area contributed by atoms with E-state index < -0.39 is 42.1 Å². The van der Waals surface area contributed by atoms with E-state index in [1.165, 1.54) is 31.0 Å². The summed E-state index contributed by atoms with van der Waals surface area (Å²) in [4.78, 5) is 25.4.